The van der Waals surface area contributed by atoms with E-state index in [2.05, 4.69) is 4.98 Å². The van der Waals surface area contributed by atoms with Crippen molar-refractivity contribution in [3.8, 4) is 0 Å². The van der Waals surface area contributed by atoms with Crippen molar-refractivity contribution in [3.05, 3.63) is 18.2 Å². The van der Waals surface area contributed by atoms with Crippen molar-refractivity contribution in [2.45, 2.75) is 32.4 Å². The van der Waals surface area contributed by atoms with E-state index in [4.69, 9.17) is 0 Å². The Bertz CT molecular complexity index is 292. The molecular weight excluding hydrogens is 168 g/mol. The molecule has 0 amide bonds. The fraction of sp³-hybridized carbons (Fsp3) is 0.556. The number of imidazole rings is 1. The highest BCUT2D eigenvalue weighted by Gasteiger charge is 2.21. The van der Waals surface area contributed by atoms with Gasteiger partial charge in [-0.2, -0.15) is 0 Å². The van der Waals surface area contributed by atoms with Gasteiger partial charge in [0.25, 0.3) is 0 Å². The minimum absolute atomic E-state index is 0.261. The van der Waals surface area contributed by atoms with Crippen LogP contribution in [0.2, 0.25) is 0 Å². The van der Waals surface area contributed by atoms with Crippen LogP contribution >= 0.6 is 0 Å². The number of rotatable bonds is 4. The molecular formula is C9H14N2O2. The lowest BCUT2D eigenvalue weighted by atomic mass is 10.0. The molecule has 1 atom stereocenters. The molecule has 1 N–H and O–H groups in total. The second-order valence-electron chi connectivity index (χ2n) is 3.28. The van der Waals surface area contributed by atoms with E-state index in [1.54, 1.807) is 6.20 Å². The number of carbonyl (C=O) groups excluding carboxylic acids is 1. The molecule has 72 valence electrons. The number of aliphatic hydroxyl groups is 1. The molecule has 0 radical (unpaired) electrons. The average Bonchev–Trinajstić information content (AvgIpc) is 2.51. The maximum absolute atomic E-state index is 10.5. The Kier molecular flexibility index (Phi) is 2.83. The van der Waals surface area contributed by atoms with Crippen LogP contribution in [0.15, 0.2) is 12.4 Å². The number of nitrogens with zero attached hydrogens (tertiary/aromatic N) is 2. The molecule has 0 aliphatic rings. The van der Waals surface area contributed by atoms with Crippen molar-refractivity contribution in [1.29, 1.82) is 0 Å². The van der Waals surface area contributed by atoms with Gasteiger partial charge < -0.3 is 14.5 Å². The first-order valence-corrected chi connectivity index (χ1v) is 4.28. The molecule has 13 heavy (non-hydrogen) atoms. The molecule has 0 spiro atoms. The Labute approximate surface area is 77.2 Å². The van der Waals surface area contributed by atoms with Gasteiger partial charge in [0.05, 0.1) is 0 Å². The Hall–Kier alpha value is -1.16. The van der Waals surface area contributed by atoms with Crippen molar-refractivity contribution in [3.63, 3.8) is 0 Å². The van der Waals surface area contributed by atoms with Crippen LogP contribution in [-0.2, 0) is 17.8 Å². The Morgan fingerprint density at radius 3 is 3.00 bits per heavy atom. The minimum Gasteiger partial charge on any atom is -0.382 e. The highest BCUT2D eigenvalue weighted by molar-refractivity contribution is 5.61. The largest absolute Gasteiger partial charge is 0.382 e. The smallest absolute Gasteiger partial charge is 0.151 e. The quantitative estimate of drug-likeness (QED) is 0.685. The Morgan fingerprint density at radius 2 is 2.46 bits per heavy atom. The summed E-state index contributed by atoms with van der Waals surface area (Å²) < 4.78 is 1.90. The van der Waals surface area contributed by atoms with Crippen LogP contribution in [0.25, 0.3) is 0 Å². The van der Waals surface area contributed by atoms with Gasteiger partial charge in [-0.3, -0.25) is 0 Å². The molecule has 1 heterocycles. The SMILES string of the molecule is CCn1ccnc1CC(C)(O)C=O. The fourth-order valence-electron chi connectivity index (χ4n) is 1.16. The van der Waals surface area contributed by atoms with E-state index >= 15 is 0 Å². The number of aldehydes is 1. The van der Waals surface area contributed by atoms with Gasteiger partial charge in [-0.1, -0.05) is 0 Å². The summed E-state index contributed by atoms with van der Waals surface area (Å²) in [5.74, 6) is 0.736. The number of aromatic nitrogens is 2. The molecule has 0 aliphatic heterocycles. The third-order valence-electron chi connectivity index (χ3n) is 1.91. The van der Waals surface area contributed by atoms with Gasteiger partial charge in [0.2, 0.25) is 0 Å². The Morgan fingerprint density at radius 1 is 1.77 bits per heavy atom. The van der Waals surface area contributed by atoms with Crippen LogP contribution in [0.5, 0.6) is 0 Å². The summed E-state index contributed by atoms with van der Waals surface area (Å²) in [6.07, 6.45) is 4.30. The third-order valence-corrected chi connectivity index (χ3v) is 1.91. The zero-order valence-electron chi connectivity index (χ0n) is 7.90. The number of hydrogen-bond acceptors (Lipinski definition) is 3. The van der Waals surface area contributed by atoms with Crippen LogP contribution in [-0.4, -0.2) is 26.5 Å². The van der Waals surface area contributed by atoms with Gasteiger partial charge in [-0.25, -0.2) is 4.98 Å². The van der Waals surface area contributed by atoms with Crippen molar-refractivity contribution in [2.24, 2.45) is 0 Å². The number of hydrogen-bond donors (Lipinski definition) is 1. The first-order chi connectivity index (χ1) is 6.09. The van der Waals surface area contributed by atoms with Gasteiger partial charge in [0, 0.05) is 25.4 Å². The monoisotopic (exact) mass is 182 g/mol. The summed E-state index contributed by atoms with van der Waals surface area (Å²) in [5, 5.41) is 9.49. The van der Waals surface area contributed by atoms with Crippen molar-refractivity contribution in [2.75, 3.05) is 0 Å². The maximum atomic E-state index is 10.5. The van der Waals surface area contributed by atoms with E-state index in [9.17, 15) is 9.90 Å². The standard InChI is InChI=1S/C9H14N2O2/c1-3-11-5-4-10-8(11)6-9(2,13)7-12/h4-5,7,13H,3,6H2,1-2H3. The topological polar surface area (TPSA) is 55.1 Å². The van der Waals surface area contributed by atoms with Crippen molar-refractivity contribution >= 4 is 6.29 Å². The zero-order valence-corrected chi connectivity index (χ0v) is 7.90. The third kappa shape index (κ3) is 2.39. The van der Waals surface area contributed by atoms with E-state index in [-0.39, 0.29) is 6.42 Å². The van der Waals surface area contributed by atoms with Crippen LogP contribution in [0.1, 0.15) is 19.7 Å². The number of aryl methyl sites for hydroxylation is 1. The Balaban J connectivity index is 2.79. The van der Waals surface area contributed by atoms with E-state index in [0.29, 0.717) is 6.29 Å². The van der Waals surface area contributed by atoms with Crippen molar-refractivity contribution < 1.29 is 9.90 Å². The summed E-state index contributed by atoms with van der Waals surface area (Å²) in [6, 6.07) is 0. The molecule has 0 saturated carbocycles. The molecule has 0 saturated heterocycles. The molecule has 0 aromatic carbocycles. The predicted molar refractivity (Wildman–Crippen MR) is 48.3 cm³/mol. The number of carbonyl (C=O) groups is 1. The molecule has 1 unspecified atom stereocenters. The summed E-state index contributed by atoms with van der Waals surface area (Å²) in [5.41, 5.74) is -1.31. The van der Waals surface area contributed by atoms with Crippen LogP contribution in [0.3, 0.4) is 0 Å². The predicted octanol–water partition coefficient (Wildman–Crippen LogP) is 0.395. The second-order valence-corrected chi connectivity index (χ2v) is 3.28. The second kappa shape index (κ2) is 3.70. The van der Waals surface area contributed by atoms with Crippen LogP contribution < -0.4 is 0 Å². The van der Waals surface area contributed by atoms with E-state index in [1.807, 2.05) is 17.7 Å². The van der Waals surface area contributed by atoms with Gasteiger partial charge >= 0.3 is 0 Å². The molecule has 1 aromatic heterocycles. The lowest BCUT2D eigenvalue weighted by Crippen LogP contribution is -2.30. The summed E-state index contributed by atoms with van der Waals surface area (Å²) >= 11 is 0. The first kappa shape index (κ1) is 9.92. The average molecular weight is 182 g/mol. The molecule has 0 bridgehead atoms. The lowest BCUT2D eigenvalue weighted by molar-refractivity contribution is -0.122. The molecule has 0 fully saturated rings. The summed E-state index contributed by atoms with van der Waals surface area (Å²) in [7, 11) is 0. The van der Waals surface area contributed by atoms with Gasteiger partial charge in [-0.15, -0.1) is 0 Å². The molecule has 0 aliphatic carbocycles. The van der Waals surface area contributed by atoms with E-state index in [1.165, 1.54) is 6.92 Å². The highest BCUT2D eigenvalue weighted by Crippen LogP contribution is 2.09. The van der Waals surface area contributed by atoms with Crippen LogP contribution in [0.4, 0.5) is 0 Å². The van der Waals surface area contributed by atoms with Crippen molar-refractivity contribution in [1.82, 2.24) is 9.55 Å². The van der Waals surface area contributed by atoms with Crippen LogP contribution in [0, 0.1) is 0 Å². The van der Waals surface area contributed by atoms with Gasteiger partial charge in [-0.05, 0) is 13.8 Å². The van der Waals surface area contributed by atoms with Gasteiger partial charge in [0.1, 0.15) is 11.4 Å². The minimum atomic E-state index is -1.31. The first-order valence-electron chi connectivity index (χ1n) is 4.28. The van der Waals surface area contributed by atoms with E-state index < -0.39 is 5.60 Å². The molecule has 4 heteroatoms. The normalized spacial score (nSPS) is 15.3. The summed E-state index contributed by atoms with van der Waals surface area (Å²) in [6.45, 7) is 4.26. The molecule has 1 rings (SSSR count). The zero-order chi connectivity index (χ0) is 9.90. The fourth-order valence-corrected chi connectivity index (χ4v) is 1.16. The molecule has 1 aromatic rings. The maximum Gasteiger partial charge on any atom is 0.151 e. The molecule has 4 nitrogen and oxygen atoms in total. The van der Waals surface area contributed by atoms with E-state index in [0.717, 1.165) is 12.4 Å². The lowest BCUT2D eigenvalue weighted by Gasteiger charge is -2.15. The highest BCUT2D eigenvalue weighted by atomic mass is 16.3. The summed E-state index contributed by atoms with van der Waals surface area (Å²) in [4.78, 5) is 14.5. The van der Waals surface area contributed by atoms with Gasteiger partial charge in [0.15, 0.2) is 6.29 Å².